The molecule has 7 heteroatoms. The molecule has 0 bridgehead atoms. The predicted octanol–water partition coefficient (Wildman–Crippen LogP) is 5.41. The Bertz CT molecular complexity index is 1610. The van der Waals surface area contributed by atoms with Gasteiger partial charge in [-0.05, 0) is 53.6 Å². The van der Waals surface area contributed by atoms with Gasteiger partial charge in [-0.25, -0.2) is 4.79 Å². The Morgan fingerprint density at radius 2 is 1.84 bits per heavy atom. The fourth-order valence-corrected chi connectivity index (χ4v) is 4.32. The highest BCUT2D eigenvalue weighted by Gasteiger charge is 2.18. The molecule has 2 heterocycles. The van der Waals surface area contributed by atoms with Crippen molar-refractivity contribution in [1.29, 1.82) is 0 Å². The summed E-state index contributed by atoms with van der Waals surface area (Å²) < 4.78 is 2.02. The van der Waals surface area contributed by atoms with E-state index in [4.69, 9.17) is 11.6 Å². The van der Waals surface area contributed by atoms with Crippen LogP contribution in [0, 0.1) is 0 Å². The van der Waals surface area contributed by atoms with Crippen LogP contribution in [0.3, 0.4) is 0 Å². The minimum absolute atomic E-state index is 0.00684. The number of aryl methyl sites for hydroxylation is 1. The zero-order valence-electron chi connectivity index (χ0n) is 16.9. The number of carboxylic acid groups (broad SMARTS) is 1. The molecule has 3 N–H and O–H groups in total. The summed E-state index contributed by atoms with van der Waals surface area (Å²) in [6.45, 7) is 0. The Balaban J connectivity index is 1.74. The molecule has 3 aromatic carbocycles. The molecule has 0 amide bonds. The maximum absolute atomic E-state index is 12.7. The molecule has 2 aromatic heterocycles. The number of carbonyl (C=O) groups is 1. The van der Waals surface area contributed by atoms with Gasteiger partial charge in [0, 0.05) is 35.1 Å². The van der Waals surface area contributed by atoms with E-state index in [-0.39, 0.29) is 16.9 Å². The lowest BCUT2D eigenvalue weighted by Gasteiger charge is -2.12. The number of pyridine rings is 1. The van der Waals surface area contributed by atoms with E-state index in [2.05, 4.69) is 4.98 Å². The number of hydrogen-bond acceptors (Lipinski definition) is 3. The lowest BCUT2D eigenvalue weighted by Crippen LogP contribution is -2.10. The van der Waals surface area contributed by atoms with Crippen molar-refractivity contribution in [2.24, 2.45) is 7.05 Å². The van der Waals surface area contributed by atoms with Crippen LogP contribution in [-0.2, 0) is 7.05 Å². The topological polar surface area (TPSA) is 95.3 Å². The van der Waals surface area contributed by atoms with Gasteiger partial charge in [-0.15, -0.1) is 0 Å². The van der Waals surface area contributed by atoms with Crippen LogP contribution < -0.4 is 5.56 Å². The first-order valence-corrected chi connectivity index (χ1v) is 10.2. The van der Waals surface area contributed by atoms with Gasteiger partial charge in [-0.3, -0.25) is 4.79 Å². The number of halogens is 1. The first kappa shape index (κ1) is 19.9. The molecule has 0 fully saturated rings. The van der Waals surface area contributed by atoms with Gasteiger partial charge in [-0.2, -0.15) is 0 Å². The van der Waals surface area contributed by atoms with Crippen LogP contribution in [-0.4, -0.2) is 25.7 Å². The summed E-state index contributed by atoms with van der Waals surface area (Å²) in [4.78, 5) is 26.8. The van der Waals surface area contributed by atoms with Crippen molar-refractivity contribution in [3.63, 3.8) is 0 Å². The largest absolute Gasteiger partial charge is 0.506 e. The number of aromatic amines is 1. The molecule has 32 heavy (non-hydrogen) atoms. The maximum Gasteiger partial charge on any atom is 0.335 e. The van der Waals surface area contributed by atoms with Gasteiger partial charge in [0.25, 0.3) is 5.56 Å². The number of rotatable bonds is 3. The number of aromatic hydroxyl groups is 1. The van der Waals surface area contributed by atoms with Crippen molar-refractivity contribution < 1.29 is 15.0 Å². The average Bonchev–Trinajstić information content (AvgIpc) is 3.13. The van der Waals surface area contributed by atoms with Crippen LogP contribution >= 0.6 is 11.6 Å². The van der Waals surface area contributed by atoms with Crippen molar-refractivity contribution >= 4 is 39.4 Å². The first-order valence-electron chi connectivity index (χ1n) is 9.81. The molecular formula is C25H17ClN2O4. The molecule has 0 radical (unpaired) electrons. The van der Waals surface area contributed by atoms with Gasteiger partial charge in [0.1, 0.15) is 5.75 Å². The summed E-state index contributed by atoms with van der Waals surface area (Å²) in [6, 6.07) is 17.2. The van der Waals surface area contributed by atoms with Gasteiger partial charge < -0.3 is 19.8 Å². The smallest absolute Gasteiger partial charge is 0.335 e. The van der Waals surface area contributed by atoms with Crippen LogP contribution in [0.2, 0.25) is 5.02 Å². The second-order valence-corrected chi connectivity index (χ2v) is 8.05. The molecule has 0 unspecified atom stereocenters. The average molecular weight is 445 g/mol. The Morgan fingerprint density at radius 1 is 1.03 bits per heavy atom. The van der Waals surface area contributed by atoms with Crippen molar-refractivity contribution in [2.45, 2.75) is 0 Å². The minimum Gasteiger partial charge on any atom is -0.506 e. The molecule has 0 atom stereocenters. The van der Waals surface area contributed by atoms with Crippen LogP contribution in [0.25, 0.3) is 44.1 Å². The zero-order valence-corrected chi connectivity index (χ0v) is 17.6. The number of nitrogens with one attached hydrogen (secondary N) is 1. The molecule has 5 aromatic rings. The number of nitrogens with zero attached hydrogens (tertiary/aromatic N) is 1. The Labute approximate surface area is 186 Å². The highest BCUT2D eigenvalue weighted by Crippen LogP contribution is 2.38. The number of aromatic nitrogens is 2. The normalized spacial score (nSPS) is 11.3. The SMILES string of the molecule is Cn1ccc2cc(-c3cc4c(O)c(-c5cccc(C(=O)O)c5)c(=O)[nH]c4cc3Cl)ccc21. The van der Waals surface area contributed by atoms with E-state index in [9.17, 15) is 19.8 Å². The van der Waals surface area contributed by atoms with E-state index < -0.39 is 11.5 Å². The van der Waals surface area contributed by atoms with E-state index in [0.717, 1.165) is 16.5 Å². The molecule has 5 rings (SSSR count). The van der Waals surface area contributed by atoms with Crippen molar-refractivity contribution in [3.8, 4) is 28.0 Å². The van der Waals surface area contributed by atoms with Crippen LogP contribution in [0.15, 0.2) is 71.7 Å². The van der Waals surface area contributed by atoms with E-state index in [1.165, 1.54) is 18.2 Å². The molecule has 0 aliphatic carbocycles. The number of aromatic carboxylic acids is 1. The number of fused-ring (bicyclic) bond motifs is 2. The maximum atomic E-state index is 12.7. The number of benzene rings is 3. The standard InChI is InChI=1S/C25H17ClN2O4/c1-28-8-7-14-9-13(5-6-21(14)28)17-11-18-20(12-19(17)26)27-24(30)22(23(18)29)15-3-2-4-16(10-15)25(31)32/h2-12H,1H3,(H,31,32)(H2,27,29,30). The van der Waals surface area contributed by atoms with Crippen LogP contribution in [0.4, 0.5) is 0 Å². The highest BCUT2D eigenvalue weighted by atomic mass is 35.5. The molecule has 158 valence electrons. The summed E-state index contributed by atoms with van der Waals surface area (Å²) >= 11 is 6.54. The lowest BCUT2D eigenvalue weighted by atomic mass is 9.98. The van der Waals surface area contributed by atoms with Crippen molar-refractivity contribution in [1.82, 2.24) is 9.55 Å². The third kappa shape index (κ3) is 3.13. The van der Waals surface area contributed by atoms with E-state index in [1.807, 2.05) is 42.1 Å². The van der Waals surface area contributed by atoms with E-state index >= 15 is 0 Å². The van der Waals surface area contributed by atoms with Gasteiger partial charge in [-0.1, -0.05) is 29.8 Å². The van der Waals surface area contributed by atoms with Gasteiger partial charge >= 0.3 is 5.97 Å². The summed E-state index contributed by atoms with van der Waals surface area (Å²) in [7, 11) is 1.97. The third-order valence-corrected chi connectivity index (χ3v) is 5.98. The monoisotopic (exact) mass is 444 g/mol. The Kier molecular flexibility index (Phi) is 4.53. The molecule has 0 aliphatic heterocycles. The first-order chi connectivity index (χ1) is 15.3. The van der Waals surface area contributed by atoms with Crippen molar-refractivity contribution in [3.05, 3.63) is 87.8 Å². The van der Waals surface area contributed by atoms with Crippen molar-refractivity contribution in [2.75, 3.05) is 0 Å². The predicted molar refractivity (Wildman–Crippen MR) is 126 cm³/mol. The van der Waals surface area contributed by atoms with Gasteiger partial charge in [0.2, 0.25) is 0 Å². The third-order valence-electron chi connectivity index (χ3n) is 5.67. The highest BCUT2D eigenvalue weighted by molar-refractivity contribution is 6.34. The number of H-pyrrole nitrogens is 1. The summed E-state index contributed by atoms with van der Waals surface area (Å²) in [5.74, 6) is -1.35. The van der Waals surface area contributed by atoms with Gasteiger partial charge in [0.05, 0.1) is 21.7 Å². The van der Waals surface area contributed by atoms with E-state index in [0.29, 0.717) is 27.1 Å². The molecular weight excluding hydrogens is 428 g/mol. The Hall–Kier alpha value is -4.03. The summed E-state index contributed by atoms with van der Waals surface area (Å²) in [5, 5.41) is 22.2. The quantitative estimate of drug-likeness (QED) is 0.346. The number of hydrogen-bond donors (Lipinski definition) is 3. The van der Waals surface area contributed by atoms with Gasteiger partial charge in [0.15, 0.2) is 0 Å². The van der Waals surface area contributed by atoms with Crippen LogP contribution in [0.5, 0.6) is 5.75 Å². The van der Waals surface area contributed by atoms with Crippen LogP contribution in [0.1, 0.15) is 10.4 Å². The van der Waals surface area contributed by atoms with E-state index in [1.54, 1.807) is 18.2 Å². The fraction of sp³-hybridized carbons (Fsp3) is 0.0400. The molecule has 0 saturated carbocycles. The fourth-order valence-electron chi connectivity index (χ4n) is 4.05. The summed E-state index contributed by atoms with van der Waals surface area (Å²) in [6.07, 6.45) is 1.98. The lowest BCUT2D eigenvalue weighted by molar-refractivity contribution is 0.0697. The second-order valence-electron chi connectivity index (χ2n) is 7.64. The minimum atomic E-state index is -1.12. The summed E-state index contributed by atoms with van der Waals surface area (Å²) in [5.41, 5.74) is 2.85. The second kappa shape index (κ2) is 7.28. The Morgan fingerprint density at radius 3 is 2.62 bits per heavy atom. The molecule has 0 saturated heterocycles. The zero-order chi connectivity index (χ0) is 22.6. The molecule has 6 nitrogen and oxygen atoms in total. The number of carboxylic acids is 1. The molecule has 0 aliphatic rings. The molecule has 0 spiro atoms.